The zero-order valence-electron chi connectivity index (χ0n) is 8.73. The Kier molecular flexibility index (Phi) is 2.88. The fourth-order valence-electron chi connectivity index (χ4n) is 1.84. The van der Waals surface area contributed by atoms with Crippen molar-refractivity contribution in [3.8, 4) is 5.75 Å². The summed E-state index contributed by atoms with van der Waals surface area (Å²) in [6.45, 7) is 2.13. The minimum atomic E-state index is 0.538. The average Bonchev–Trinajstić information content (AvgIpc) is 2.28. The number of aryl methyl sites for hydroxylation is 1. The minimum Gasteiger partial charge on any atom is -0.340 e. The van der Waals surface area contributed by atoms with E-state index in [1.165, 1.54) is 5.56 Å². The van der Waals surface area contributed by atoms with Crippen molar-refractivity contribution in [2.75, 3.05) is 0 Å². The van der Waals surface area contributed by atoms with Crippen LogP contribution in [0.25, 0.3) is 10.8 Å². The monoisotopic (exact) mass is 202 g/mol. The summed E-state index contributed by atoms with van der Waals surface area (Å²) in [5.41, 5.74) is 1.19. The molecule has 2 nitrogen and oxygen atoms in total. The van der Waals surface area contributed by atoms with Gasteiger partial charge in [-0.25, -0.2) is 5.26 Å². The van der Waals surface area contributed by atoms with Crippen molar-refractivity contribution in [1.82, 2.24) is 0 Å². The van der Waals surface area contributed by atoms with Crippen molar-refractivity contribution in [3.05, 3.63) is 42.0 Å². The highest BCUT2D eigenvalue weighted by molar-refractivity contribution is 5.88. The van der Waals surface area contributed by atoms with Crippen LogP contribution in [0.5, 0.6) is 5.75 Å². The zero-order valence-corrected chi connectivity index (χ0v) is 8.73. The van der Waals surface area contributed by atoms with Crippen LogP contribution in [0.4, 0.5) is 0 Å². The summed E-state index contributed by atoms with van der Waals surface area (Å²) in [5.74, 6) is 0.538. The van der Waals surface area contributed by atoms with E-state index in [1.54, 1.807) is 0 Å². The number of benzene rings is 2. The molecular formula is C13H14O2. The maximum atomic E-state index is 8.83. The van der Waals surface area contributed by atoms with Crippen molar-refractivity contribution >= 4 is 10.8 Å². The van der Waals surface area contributed by atoms with Crippen LogP contribution in [-0.4, -0.2) is 5.26 Å². The van der Waals surface area contributed by atoms with Crippen molar-refractivity contribution in [2.24, 2.45) is 0 Å². The SMILES string of the molecule is CCCc1cc(OO)c2ccccc2c1. The third kappa shape index (κ3) is 1.95. The molecule has 15 heavy (non-hydrogen) atoms. The Hall–Kier alpha value is -1.54. The second-order valence-corrected chi connectivity index (χ2v) is 3.66. The molecule has 2 heteroatoms. The number of rotatable bonds is 3. The van der Waals surface area contributed by atoms with E-state index in [0.717, 1.165) is 23.6 Å². The molecule has 0 saturated carbocycles. The van der Waals surface area contributed by atoms with E-state index in [2.05, 4.69) is 17.9 Å². The Morgan fingerprint density at radius 2 is 2.00 bits per heavy atom. The van der Waals surface area contributed by atoms with Crippen LogP contribution in [0.15, 0.2) is 36.4 Å². The molecule has 2 aromatic rings. The van der Waals surface area contributed by atoms with E-state index < -0.39 is 0 Å². The standard InChI is InChI=1S/C13H14O2/c1-2-5-10-8-11-6-3-4-7-12(11)13(9-10)15-14/h3-4,6-9,14H,2,5H2,1H3. The first-order valence-electron chi connectivity index (χ1n) is 5.18. The van der Waals surface area contributed by atoms with Gasteiger partial charge in [-0.3, -0.25) is 0 Å². The van der Waals surface area contributed by atoms with Crippen molar-refractivity contribution < 1.29 is 10.1 Å². The summed E-state index contributed by atoms with van der Waals surface area (Å²) >= 11 is 0. The van der Waals surface area contributed by atoms with Gasteiger partial charge in [-0.1, -0.05) is 43.7 Å². The van der Waals surface area contributed by atoms with Crippen molar-refractivity contribution in [3.63, 3.8) is 0 Å². The Balaban J connectivity index is 2.60. The molecule has 0 saturated heterocycles. The highest BCUT2D eigenvalue weighted by Gasteiger charge is 2.04. The lowest BCUT2D eigenvalue weighted by atomic mass is 10.0. The number of fused-ring (bicyclic) bond motifs is 1. The Labute approximate surface area is 89.0 Å². The van der Waals surface area contributed by atoms with E-state index in [1.807, 2.05) is 30.3 Å². The first kappa shape index (κ1) is 9.99. The van der Waals surface area contributed by atoms with E-state index in [4.69, 9.17) is 5.26 Å². The van der Waals surface area contributed by atoms with Gasteiger partial charge in [0.2, 0.25) is 0 Å². The van der Waals surface area contributed by atoms with Crippen LogP contribution >= 0.6 is 0 Å². The van der Waals surface area contributed by atoms with Crippen LogP contribution in [-0.2, 0) is 6.42 Å². The second kappa shape index (κ2) is 4.32. The van der Waals surface area contributed by atoms with E-state index >= 15 is 0 Å². The van der Waals surface area contributed by atoms with Crippen molar-refractivity contribution in [1.29, 1.82) is 0 Å². The van der Waals surface area contributed by atoms with Gasteiger partial charge in [0.1, 0.15) is 0 Å². The Morgan fingerprint density at radius 3 is 2.73 bits per heavy atom. The van der Waals surface area contributed by atoms with Gasteiger partial charge >= 0.3 is 0 Å². The summed E-state index contributed by atoms with van der Waals surface area (Å²) in [6, 6.07) is 11.9. The van der Waals surface area contributed by atoms with Crippen molar-refractivity contribution in [2.45, 2.75) is 19.8 Å². The average molecular weight is 202 g/mol. The lowest BCUT2D eigenvalue weighted by Gasteiger charge is -2.06. The van der Waals surface area contributed by atoms with E-state index in [9.17, 15) is 0 Å². The van der Waals surface area contributed by atoms with Gasteiger partial charge in [0.05, 0.1) is 0 Å². The largest absolute Gasteiger partial charge is 0.340 e. The third-order valence-electron chi connectivity index (χ3n) is 2.52. The summed E-state index contributed by atoms with van der Waals surface area (Å²) < 4.78 is 0. The Morgan fingerprint density at radius 1 is 1.20 bits per heavy atom. The molecule has 0 aliphatic heterocycles. The smallest absolute Gasteiger partial charge is 0.173 e. The van der Waals surface area contributed by atoms with E-state index in [0.29, 0.717) is 5.75 Å². The predicted octanol–water partition coefficient (Wildman–Crippen LogP) is 3.64. The highest BCUT2D eigenvalue weighted by atomic mass is 17.1. The molecule has 0 bridgehead atoms. The topological polar surface area (TPSA) is 29.5 Å². The number of hydrogen-bond acceptors (Lipinski definition) is 2. The molecule has 0 fully saturated rings. The molecule has 2 rings (SSSR count). The van der Waals surface area contributed by atoms with Gasteiger partial charge < -0.3 is 4.89 Å². The summed E-state index contributed by atoms with van der Waals surface area (Å²) in [7, 11) is 0. The second-order valence-electron chi connectivity index (χ2n) is 3.66. The molecule has 0 aliphatic rings. The molecule has 0 amide bonds. The summed E-state index contributed by atoms with van der Waals surface area (Å²) in [5, 5.41) is 10.9. The molecular weight excluding hydrogens is 188 g/mol. The van der Waals surface area contributed by atoms with Gasteiger partial charge in [-0.2, -0.15) is 0 Å². The molecule has 0 heterocycles. The summed E-state index contributed by atoms with van der Waals surface area (Å²) in [4.78, 5) is 4.41. The van der Waals surface area contributed by atoms with Crippen LogP contribution in [0.2, 0.25) is 0 Å². The molecule has 0 unspecified atom stereocenters. The third-order valence-corrected chi connectivity index (χ3v) is 2.52. The van der Waals surface area contributed by atoms with Crippen LogP contribution < -0.4 is 4.89 Å². The van der Waals surface area contributed by atoms with Gasteiger partial charge in [0, 0.05) is 5.39 Å². The van der Waals surface area contributed by atoms with Gasteiger partial charge in [-0.05, 0) is 23.4 Å². The molecule has 1 N–H and O–H groups in total. The maximum Gasteiger partial charge on any atom is 0.173 e. The van der Waals surface area contributed by atoms with Gasteiger partial charge in [0.15, 0.2) is 5.75 Å². The number of hydrogen-bond donors (Lipinski definition) is 1. The molecule has 0 aromatic heterocycles. The fourth-order valence-corrected chi connectivity index (χ4v) is 1.84. The fraction of sp³-hybridized carbons (Fsp3) is 0.231. The summed E-state index contributed by atoms with van der Waals surface area (Å²) in [6.07, 6.45) is 2.09. The normalized spacial score (nSPS) is 10.5. The molecule has 2 aromatic carbocycles. The van der Waals surface area contributed by atoms with Gasteiger partial charge in [-0.15, -0.1) is 0 Å². The maximum absolute atomic E-state index is 8.83. The molecule has 0 spiro atoms. The first-order chi connectivity index (χ1) is 7.35. The van der Waals surface area contributed by atoms with Crippen LogP contribution in [0.1, 0.15) is 18.9 Å². The van der Waals surface area contributed by atoms with Crippen LogP contribution in [0, 0.1) is 0 Å². The van der Waals surface area contributed by atoms with Crippen LogP contribution in [0.3, 0.4) is 0 Å². The predicted molar refractivity (Wildman–Crippen MR) is 61.2 cm³/mol. The zero-order chi connectivity index (χ0) is 10.7. The van der Waals surface area contributed by atoms with E-state index in [-0.39, 0.29) is 0 Å². The van der Waals surface area contributed by atoms with Gasteiger partial charge in [0.25, 0.3) is 0 Å². The quantitative estimate of drug-likeness (QED) is 0.608. The minimum absolute atomic E-state index is 0.538. The molecule has 0 aliphatic carbocycles. The molecule has 0 radical (unpaired) electrons. The molecule has 78 valence electrons. The lowest BCUT2D eigenvalue weighted by molar-refractivity contribution is -0.136. The molecule has 0 atom stereocenters. The Bertz CT molecular complexity index is 463. The lowest BCUT2D eigenvalue weighted by Crippen LogP contribution is -1.90. The highest BCUT2D eigenvalue weighted by Crippen LogP contribution is 2.27. The first-order valence-corrected chi connectivity index (χ1v) is 5.18.